The van der Waals surface area contributed by atoms with Gasteiger partial charge in [0.25, 0.3) is 0 Å². The summed E-state index contributed by atoms with van der Waals surface area (Å²) in [5.41, 5.74) is 0. The largest absolute Gasteiger partial charge is 0.379 e. The van der Waals surface area contributed by atoms with Gasteiger partial charge in [-0.2, -0.15) is 0 Å². The molecule has 4 nitrogen and oxygen atoms in total. The van der Waals surface area contributed by atoms with E-state index < -0.39 is 0 Å². The van der Waals surface area contributed by atoms with Crippen molar-refractivity contribution >= 4 is 0 Å². The number of likely N-dealkylation sites (tertiary alicyclic amines) is 2. The number of hydrogen-bond donors (Lipinski definition) is 0. The van der Waals surface area contributed by atoms with Crippen molar-refractivity contribution in [2.75, 3.05) is 52.5 Å². The van der Waals surface area contributed by atoms with Gasteiger partial charge in [0.15, 0.2) is 0 Å². The zero-order valence-corrected chi connectivity index (χ0v) is 24.7. The quantitative estimate of drug-likeness (QED) is 0.394. The van der Waals surface area contributed by atoms with Crippen LogP contribution in [0.3, 0.4) is 0 Å². The molecule has 214 valence electrons. The minimum atomic E-state index is 0. The summed E-state index contributed by atoms with van der Waals surface area (Å²) >= 11 is 0. The Morgan fingerprint density at radius 1 is 0.412 bits per heavy atom. The summed E-state index contributed by atoms with van der Waals surface area (Å²) in [6, 6.07) is 2.23. The predicted octanol–water partition coefficient (Wildman–Crippen LogP) is 8.45. The molecule has 0 aromatic carbocycles. The van der Waals surface area contributed by atoms with Gasteiger partial charge in [-0.15, -0.1) is 0 Å². The first-order chi connectivity index (χ1) is 15.4. The molecule has 0 radical (unpaired) electrons. The number of piperidine rings is 1. The number of morpholine rings is 1. The molecular formula is C30H73N3O. The maximum atomic E-state index is 5.21. The van der Waals surface area contributed by atoms with E-state index in [1.165, 1.54) is 58.3 Å². The Morgan fingerprint density at radius 3 is 0.853 bits per heavy atom. The van der Waals surface area contributed by atoms with Crippen molar-refractivity contribution in [1.29, 1.82) is 0 Å². The molecule has 0 aliphatic carbocycles. The van der Waals surface area contributed by atoms with Crippen molar-refractivity contribution in [3.8, 4) is 0 Å². The van der Waals surface area contributed by atoms with E-state index in [0.29, 0.717) is 6.04 Å². The molecule has 0 amide bonds. The lowest BCUT2D eigenvalue weighted by Gasteiger charge is -2.29. The third kappa shape index (κ3) is 24.9. The van der Waals surface area contributed by atoms with E-state index >= 15 is 0 Å². The first-order valence-electron chi connectivity index (χ1n) is 14.2. The second-order valence-corrected chi connectivity index (χ2v) is 8.77. The highest BCUT2D eigenvalue weighted by atomic mass is 16.5. The Labute approximate surface area is 220 Å². The highest BCUT2D eigenvalue weighted by Gasteiger charge is 2.13. The van der Waals surface area contributed by atoms with Crippen LogP contribution in [0.25, 0.3) is 0 Å². The Bertz CT molecular complexity index is 295. The van der Waals surface area contributed by atoms with Gasteiger partial charge in [0.1, 0.15) is 0 Å². The highest BCUT2D eigenvalue weighted by Crippen LogP contribution is 2.11. The molecule has 3 saturated heterocycles. The lowest BCUT2D eigenvalue weighted by atomic mass is 10.1. The van der Waals surface area contributed by atoms with E-state index in [1.807, 2.05) is 41.5 Å². The van der Waals surface area contributed by atoms with Crippen molar-refractivity contribution in [1.82, 2.24) is 14.7 Å². The van der Waals surface area contributed by atoms with Crippen molar-refractivity contribution in [2.45, 2.75) is 148 Å². The lowest BCUT2D eigenvalue weighted by Crippen LogP contribution is -2.40. The standard InChI is InChI=1S/C8H17N.C7H15NO.C7H15N.3C2H6.2CH4/c1-8(2)9-6-4-3-5-7-9;1-7(2)8-3-5-9-6-4-8;1-7(2)8-5-3-4-6-8;3*1-2;;/h8H,3-7H2,1-2H3;7H,3-6H2,1-2H3;7H,3-6H2,1-2H3;3*1-2H3;2*1H4. The average Bonchev–Trinajstić information content (AvgIpc) is 3.41. The summed E-state index contributed by atoms with van der Waals surface area (Å²) in [4.78, 5) is 7.52. The van der Waals surface area contributed by atoms with Gasteiger partial charge in [0.05, 0.1) is 13.2 Å². The summed E-state index contributed by atoms with van der Waals surface area (Å²) in [6.45, 7) is 34.9. The number of nitrogens with zero attached hydrogens (tertiary/aromatic N) is 3. The van der Waals surface area contributed by atoms with Crippen LogP contribution in [0, 0.1) is 0 Å². The first kappa shape index (κ1) is 43.9. The zero-order valence-electron chi connectivity index (χ0n) is 24.7. The molecule has 0 N–H and O–H groups in total. The lowest BCUT2D eigenvalue weighted by molar-refractivity contribution is 0.0238. The van der Waals surface area contributed by atoms with Gasteiger partial charge in [0, 0.05) is 31.2 Å². The summed E-state index contributed by atoms with van der Waals surface area (Å²) in [6.07, 6.45) is 7.11. The van der Waals surface area contributed by atoms with Crippen LogP contribution >= 0.6 is 0 Å². The molecule has 3 aliphatic rings. The Hall–Kier alpha value is -0.160. The fourth-order valence-electron chi connectivity index (χ4n) is 3.79. The third-order valence-electron chi connectivity index (χ3n) is 5.77. The Balaban J connectivity index is -0.000000108. The van der Waals surface area contributed by atoms with Gasteiger partial charge in [-0.1, -0.05) is 62.8 Å². The fraction of sp³-hybridized carbons (Fsp3) is 1.00. The van der Waals surface area contributed by atoms with Gasteiger partial charge < -0.3 is 14.5 Å². The van der Waals surface area contributed by atoms with E-state index in [0.717, 1.165) is 38.4 Å². The summed E-state index contributed by atoms with van der Waals surface area (Å²) in [5.74, 6) is 0. The molecule has 3 aliphatic heterocycles. The molecule has 0 spiro atoms. The van der Waals surface area contributed by atoms with Gasteiger partial charge in [-0.05, 0) is 93.4 Å². The van der Waals surface area contributed by atoms with Crippen LogP contribution in [0.4, 0.5) is 0 Å². The minimum absolute atomic E-state index is 0. The molecule has 0 aromatic heterocycles. The van der Waals surface area contributed by atoms with Crippen molar-refractivity contribution in [2.24, 2.45) is 0 Å². The van der Waals surface area contributed by atoms with Gasteiger partial charge in [-0.3, -0.25) is 4.90 Å². The molecule has 3 rings (SSSR count). The monoisotopic (exact) mass is 492 g/mol. The van der Waals surface area contributed by atoms with E-state index in [9.17, 15) is 0 Å². The van der Waals surface area contributed by atoms with Crippen LogP contribution in [-0.4, -0.2) is 85.3 Å². The van der Waals surface area contributed by atoms with Gasteiger partial charge in [-0.25, -0.2) is 0 Å². The van der Waals surface area contributed by atoms with Crippen molar-refractivity contribution in [3.63, 3.8) is 0 Å². The third-order valence-corrected chi connectivity index (χ3v) is 5.77. The maximum Gasteiger partial charge on any atom is 0.0594 e. The van der Waals surface area contributed by atoms with Gasteiger partial charge >= 0.3 is 0 Å². The molecule has 0 aromatic rings. The van der Waals surface area contributed by atoms with Crippen LogP contribution < -0.4 is 0 Å². The number of rotatable bonds is 3. The molecule has 3 fully saturated rings. The molecule has 0 bridgehead atoms. The van der Waals surface area contributed by atoms with Crippen LogP contribution in [0.1, 0.15) is 130 Å². The Morgan fingerprint density at radius 2 is 0.647 bits per heavy atom. The molecule has 3 heterocycles. The highest BCUT2D eigenvalue weighted by molar-refractivity contribution is 4.69. The van der Waals surface area contributed by atoms with E-state index in [-0.39, 0.29) is 14.9 Å². The summed E-state index contributed by atoms with van der Waals surface area (Å²) < 4.78 is 5.21. The minimum Gasteiger partial charge on any atom is -0.379 e. The van der Waals surface area contributed by atoms with Crippen LogP contribution in [0.15, 0.2) is 0 Å². The average molecular weight is 492 g/mol. The smallest absolute Gasteiger partial charge is 0.0594 e. The SMILES string of the molecule is C.C.CC.CC.CC.CC(C)N1CCCC1.CC(C)N1CCCCC1.CC(C)N1CCOCC1. The summed E-state index contributed by atoms with van der Waals surface area (Å²) in [7, 11) is 0. The molecule has 34 heavy (non-hydrogen) atoms. The van der Waals surface area contributed by atoms with Crippen molar-refractivity contribution in [3.05, 3.63) is 0 Å². The topological polar surface area (TPSA) is 19.0 Å². The second-order valence-electron chi connectivity index (χ2n) is 8.77. The summed E-state index contributed by atoms with van der Waals surface area (Å²) in [5, 5.41) is 0. The van der Waals surface area contributed by atoms with Crippen LogP contribution in [0.5, 0.6) is 0 Å². The normalized spacial score (nSPS) is 18.1. The molecule has 4 heteroatoms. The number of hydrogen-bond acceptors (Lipinski definition) is 4. The van der Waals surface area contributed by atoms with Crippen LogP contribution in [-0.2, 0) is 4.74 Å². The fourth-order valence-corrected chi connectivity index (χ4v) is 3.79. The Kier molecular flexibility index (Phi) is 42.4. The first-order valence-corrected chi connectivity index (χ1v) is 14.2. The second kappa shape index (κ2) is 32.8. The zero-order chi connectivity index (χ0) is 25.4. The van der Waals surface area contributed by atoms with Gasteiger partial charge in [0.2, 0.25) is 0 Å². The molecule has 0 atom stereocenters. The van der Waals surface area contributed by atoms with E-state index in [4.69, 9.17) is 4.74 Å². The van der Waals surface area contributed by atoms with E-state index in [2.05, 4.69) is 56.2 Å². The van der Waals surface area contributed by atoms with Crippen molar-refractivity contribution < 1.29 is 4.74 Å². The molecule has 0 saturated carbocycles. The maximum absolute atomic E-state index is 5.21. The number of ether oxygens (including phenoxy) is 1. The molecular weight excluding hydrogens is 418 g/mol. The van der Waals surface area contributed by atoms with E-state index in [1.54, 1.807) is 0 Å². The predicted molar refractivity (Wildman–Crippen MR) is 162 cm³/mol. The van der Waals surface area contributed by atoms with Crippen LogP contribution in [0.2, 0.25) is 0 Å². The molecule has 0 unspecified atom stereocenters.